The molecule has 0 aliphatic carbocycles. The lowest BCUT2D eigenvalue weighted by atomic mass is 10.2. The Morgan fingerprint density at radius 1 is 1.27 bits per heavy atom. The molecule has 0 spiro atoms. The van der Waals surface area contributed by atoms with E-state index in [4.69, 9.17) is 9.47 Å². The number of methoxy groups -OCH3 is 1. The average molecular weight is 425 g/mol. The van der Waals surface area contributed by atoms with Gasteiger partial charge in [0, 0.05) is 10.9 Å². The summed E-state index contributed by atoms with van der Waals surface area (Å²) >= 11 is 3.24. The third kappa shape index (κ3) is 5.42. The lowest BCUT2D eigenvalue weighted by Crippen LogP contribution is -2.37. The molecule has 0 saturated carbocycles. The fourth-order valence-electron chi connectivity index (χ4n) is 2.19. The molecule has 2 aromatic rings. The van der Waals surface area contributed by atoms with Crippen molar-refractivity contribution >= 4 is 27.8 Å². The molecule has 1 amide bonds. The molecule has 0 radical (unpaired) electrons. The number of hydrogen-bond donors (Lipinski definition) is 0. The normalized spacial score (nSPS) is 11.2. The standard InChI is InChI=1S/C19H22BrFN2O3/c1-19(2,3)26-18(24)23(12-13-5-7-15(25-4)8-6-13)17-9-14(10-20)16(21)11-22-17/h5-9,11H,10,12H2,1-4H3. The number of rotatable bonds is 5. The minimum atomic E-state index is -0.659. The van der Waals surface area contributed by atoms with Crippen molar-refractivity contribution in [3.05, 3.63) is 53.5 Å². The molecule has 1 aromatic carbocycles. The highest BCUT2D eigenvalue weighted by atomic mass is 79.9. The van der Waals surface area contributed by atoms with Gasteiger partial charge in [0.2, 0.25) is 0 Å². The van der Waals surface area contributed by atoms with Gasteiger partial charge in [-0.25, -0.2) is 14.2 Å². The van der Waals surface area contributed by atoms with Gasteiger partial charge in [-0.1, -0.05) is 28.1 Å². The van der Waals surface area contributed by atoms with Gasteiger partial charge in [0.05, 0.1) is 19.9 Å². The second-order valence-electron chi connectivity index (χ2n) is 6.68. The van der Waals surface area contributed by atoms with Crippen LogP contribution in [0.25, 0.3) is 0 Å². The van der Waals surface area contributed by atoms with Gasteiger partial charge in [0.25, 0.3) is 0 Å². The summed E-state index contributed by atoms with van der Waals surface area (Å²) < 4.78 is 24.4. The number of halogens is 2. The molecule has 0 saturated heterocycles. The molecular formula is C19H22BrFN2O3. The number of carbonyl (C=O) groups is 1. The van der Waals surface area contributed by atoms with Crippen LogP contribution in [-0.4, -0.2) is 23.8 Å². The first-order valence-electron chi connectivity index (χ1n) is 8.07. The molecular weight excluding hydrogens is 403 g/mol. The number of pyridine rings is 1. The molecule has 0 unspecified atom stereocenters. The van der Waals surface area contributed by atoms with E-state index in [0.717, 1.165) is 17.5 Å². The third-order valence-corrected chi connectivity index (χ3v) is 4.06. The van der Waals surface area contributed by atoms with Gasteiger partial charge in [-0.2, -0.15) is 0 Å². The van der Waals surface area contributed by atoms with Crippen molar-refractivity contribution in [2.24, 2.45) is 0 Å². The molecule has 0 N–H and O–H groups in total. The third-order valence-electron chi connectivity index (χ3n) is 3.45. The highest BCUT2D eigenvalue weighted by molar-refractivity contribution is 9.08. The van der Waals surface area contributed by atoms with Gasteiger partial charge < -0.3 is 9.47 Å². The van der Waals surface area contributed by atoms with Crippen molar-refractivity contribution in [3.8, 4) is 5.75 Å². The highest BCUT2D eigenvalue weighted by Gasteiger charge is 2.25. The predicted octanol–water partition coefficient (Wildman–Crippen LogP) is 5.07. The topological polar surface area (TPSA) is 51.7 Å². The molecule has 7 heteroatoms. The zero-order chi connectivity index (χ0) is 19.3. The smallest absolute Gasteiger partial charge is 0.416 e. The van der Waals surface area contributed by atoms with E-state index in [-0.39, 0.29) is 6.54 Å². The van der Waals surface area contributed by atoms with Crippen LogP contribution in [0.15, 0.2) is 36.5 Å². The van der Waals surface area contributed by atoms with Gasteiger partial charge >= 0.3 is 6.09 Å². The molecule has 0 aliphatic heterocycles. The summed E-state index contributed by atoms with van der Waals surface area (Å²) in [5.41, 5.74) is 0.620. The van der Waals surface area contributed by atoms with Crippen LogP contribution in [0.5, 0.6) is 5.75 Å². The second-order valence-corrected chi connectivity index (χ2v) is 7.24. The number of benzene rings is 1. The van der Waals surface area contributed by atoms with Crippen molar-refractivity contribution < 1.29 is 18.7 Å². The van der Waals surface area contributed by atoms with E-state index in [1.54, 1.807) is 27.9 Å². The molecule has 26 heavy (non-hydrogen) atoms. The van der Waals surface area contributed by atoms with Gasteiger partial charge in [-0.15, -0.1) is 0 Å². The van der Waals surface area contributed by atoms with E-state index >= 15 is 0 Å². The summed E-state index contributed by atoms with van der Waals surface area (Å²) in [6, 6.07) is 8.86. The van der Waals surface area contributed by atoms with Crippen LogP contribution in [0.1, 0.15) is 31.9 Å². The van der Waals surface area contributed by atoms with Crippen molar-refractivity contribution in [1.82, 2.24) is 4.98 Å². The van der Waals surface area contributed by atoms with E-state index in [9.17, 15) is 9.18 Å². The van der Waals surface area contributed by atoms with Crippen molar-refractivity contribution in [3.63, 3.8) is 0 Å². The Hall–Kier alpha value is -2.15. The van der Waals surface area contributed by atoms with Crippen LogP contribution in [0.3, 0.4) is 0 Å². The molecule has 0 aliphatic rings. The average Bonchev–Trinajstić information content (AvgIpc) is 2.59. The van der Waals surface area contributed by atoms with Crippen molar-refractivity contribution in [1.29, 1.82) is 0 Å². The van der Waals surface area contributed by atoms with Crippen LogP contribution in [0.4, 0.5) is 15.0 Å². The summed E-state index contributed by atoms with van der Waals surface area (Å²) in [7, 11) is 1.59. The first kappa shape index (κ1) is 20.2. The molecule has 5 nitrogen and oxygen atoms in total. The summed E-state index contributed by atoms with van der Waals surface area (Å²) in [6.45, 7) is 5.61. The number of anilines is 1. The van der Waals surface area contributed by atoms with Crippen molar-refractivity contribution in [2.45, 2.75) is 38.2 Å². The van der Waals surface area contributed by atoms with E-state index in [0.29, 0.717) is 16.7 Å². The quantitative estimate of drug-likeness (QED) is 0.628. The molecule has 2 rings (SSSR count). The lowest BCUT2D eigenvalue weighted by Gasteiger charge is -2.27. The van der Waals surface area contributed by atoms with E-state index in [1.807, 2.05) is 24.3 Å². The Bertz CT molecular complexity index is 760. The van der Waals surface area contributed by atoms with E-state index in [2.05, 4.69) is 20.9 Å². The van der Waals surface area contributed by atoms with Gasteiger partial charge in [-0.3, -0.25) is 4.90 Å². The molecule has 1 heterocycles. The minimum Gasteiger partial charge on any atom is -0.497 e. The number of alkyl halides is 1. The van der Waals surface area contributed by atoms with Gasteiger partial charge in [0.1, 0.15) is 23.0 Å². The Morgan fingerprint density at radius 2 is 1.92 bits per heavy atom. The van der Waals surface area contributed by atoms with Crippen LogP contribution in [0.2, 0.25) is 0 Å². The first-order chi connectivity index (χ1) is 12.2. The van der Waals surface area contributed by atoms with Crippen LogP contribution in [0, 0.1) is 5.82 Å². The Balaban J connectivity index is 2.36. The molecule has 0 atom stereocenters. The fraction of sp³-hybridized carbons (Fsp3) is 0.368. The maximum atomic E-state index is 13.8. The number of hydrogen-bond acceptors (Lipinski definition) is 4. The van der Waals surface area contributed by atoms with Gasteiger partial charge in [-0.05, 0) is 44.5 Å². The maximum Gasteiger partial charge on any atom is 0.416 e. The van der Waals surface area contributed by atoms with Crippen LogP contribution >= 0.6 is 15.9 Å². The first-order valence-corrected chi connectivity index (χ1v) is 9.19. The highest BCUT2D eigenvalue weighted by Crippen LogP contribution is 2.23. The molecule has 1 aromatic heterocycles. The van der Waals surface area contributed by atoms with Crippen molar-refractivity contribution in [2.75, 3.05) is 12.0 Å². The van der Waals surface area contributed by atoms with Crippen LogP contribution < -0.4 is 9.64 Å². The summed E-state index contributed by atoms with van der Waals surface area (Å²) in [5.74, 6) is 0.615. The summed E-state index contributed by atoms with van der Waals surface area (Å²) in [5, 5.41) is 0.318. The molecule has 0 fully saturated rings. The van der Waals surface area contributed by atoms with E-state index in [1.165, 1.54) is 11.0 Å². The monoisotopic (exact) mass is 424 g/mol. The number of carbonyl (C=O) groups excluding carboxylic acids is 1. The maximum absolute atomic E-state index is 13.8. The Kier molecular flexibility index (Phi) is 6.58. The number of amides is 1. The summed E-state index contributed by atoms with van der Waals surface area (Å²) in [6.07, 6.45) is 0.560. The molecule has 0 bridgehead atoms. The SMILES string of the molecule is COc1ccc(CN(C(=O)OC(C)(C)C)c2cc(CBr)c(F)cn2)cc1. The van der Waals surface area contributed by atoms with Gasteiger partial charge in [0.15, 0.2) is 0 Å². The largest absolute Gasteiger partial charge is 0.497 e. The Labute approximate surface area is 161 Å². The minimum absolute atomic E-state index is 0.235. The summed E-state index contributed by atoms with van der Waals surface area (Å²) in [4.78, 5) is 18.2. The zero-order valence-electron chi connectivity index (χ0n) is 15.3. The van der Waals surface area contributed by atoms with Crippen LogP contribution in [-0.2, 0) is 16.6 Å². The fourth-order valence-corrected chi connectivity index (χ4v) is 2.62. The number of nitrogens with zero attached hydrogens (tertiary/aromatic N) is 2. The zero-order valence-corrected chi connectivity index (χ0v) is 16.8. The number of ether oxygens (including phenoxy) is 2. The van der Waals surface area contributed by atoms with E-state index < -0.39 is 17.5 Å². The Morgan fingerprint density at radius 3 is 2.46 bits per heavy atom. The number of aromatic nitrogens is 1. The molecule has 140 valence electrons. The lowest BCUT2D eigenvalue weighted by molar-refractivity contribution is 0.0576. The predicted molar refractivity (Wildman–Crippen MR) is 102 cm³/mol. The second kappa shape index (κ2) is 8.49.